The van der Waals surface area contributed by atoms with Gasteiger partial charge in [-0.2, -0.15) is 0 Å². The number of ether oxygens (including phenoxy) is 1. The van der Waals surface area contributed by atoms with Crippen LogP contribution < -0.4 is 0 Å². The molecule has 0 N–H and O–H groups in total. The lowest BCUT2D eigenvalue weighted by atomic mass is 10.2. The molecule has 0 saturated carbocycles. The van der Waals surface area contributed by atoms with Crippen molar-refractivity contribution in [2.45, 2.75) is 25.7 Å². The van der Waals surface area contributed by atoms with E-state index in [4.69, 9.17) is 4.74 Å². The number of likely N-dealkylation sites (tertiary alicyclic amines) is 1. The number of para-hydroxylation sites is 1. The molecule has 24 heavy (non-hydrogen) atoms. The lowest BCUT2D eigenvalue weighted by Gasteiger charge is -2.19. The van der Waals surface area contributed by atoms with E-state index in [2.05, 4.69) is 4.98 Å². The Labute approximate surface area is 144 Å². The number of nitrogens with zero attached hydrogens (tertiary/aromatic N) is 2. The zero-order valence-electron chi connectivity index (χ0n) is 13.4. The van der Waals surface area contributed by atoms with Crippen molar-refractivity contribution in [2.75, 3.05) is 19.7 Å². The summed E-state index contributed by atoms with van der Waals surface area (Å²) in [4.78, 5) is 30.0. The predicted octanol–water partition coefficient (Wildman–Crippen LogP) is 3.26. The van der Waals surface area contributed by atoms with Crippen LogP contribution in [-0.2, 0) is 14.3 Å². The second kappa shape index (κ2) is 8.06. The van der Waals surface area contributed by atoms with Crippen LogP contribution in [0.3, 0.4) is 0 Å². The van der Waals surface area contributed by atoms with Crippen molar-refractivity contribution in [3.63, 3.8) is 0 Å². The molecule has 0 bridgehead atoms. The van der Waals surface area contributed by atoms with E-state index in [1.165, 1.54) is 17.4 Å². The molecule has 1 aliphatic rings. The van der Waals surface area contributed by atoms with E-state index in [1.54, 1.807) is 11.0 Å². The highest BCUT2D eigenvalue weighted by atomic mass is 32.1. The summed E-state index contributed by atoms with van der Waals surface area (Å²) in [6, 6.07) is 7.80. The van der Waals surface area contributed by atoms with Crippen LogP contribution in [0.25, 0.3) is 16.3 Å². The van der Waals surface area contributed by atoms with Gasteiger partial charge in [-0.15, -0.1) is 11.3 Å². The molecule has 3 rings (SSSR count). The van der Waals surface area contributed by atoms with Gasteiger partial charge in [0.2, 0.25) is 0 Å². The van der Waals surface area contributed by atoms with Crippen LogP contribution in [0.2, 0.25) is 0 Å². The van der Waals surface area contributed by atoms with Crippen LogP contribution in [-0.4, -0.2) is 41.5 Å². The molecule has 126 valence electrons. The number of hydrogen-bond donors (Lipinski definition) is 0. The molecule has 0 radical (unpaired) electrons. The average Bonchev–Trinajstić information content (AvgIpc) is 2.81. The van der Waals surface area contributed by atoms with E-state index in [9.17, 15) is 9.59 Å². The van der Waals surface area contributed by atoms with Gasteiger partial charge in [-0.25, -0.2) is 9.78 Å². The van der Waals surface area contributed by atoms with Crippen LogP contribution in [0.5, 0.6) is 0 Å². The van der Waals surface area contributed by atoms with Crippen molar-refractivity contribution in [2.24, 2.45) is 0 Å². The molecule has 1 fully saturated rings. The van der Waals surface area contributed by atoms with Crippen LogP contribution in [0, 0.1) is 0 Å². The summed E-state index contributed by atoms with van der Waals surface area (Å²) in [6.45, 7) is 1.33. The van der Waals surface area contributed by atoms with E-state index in [1.807, 2.05) is 24.3 Å². The fourth-order valence-electron chi connectivity index (χ4n) is 2.69. The van der Waals surface area contributed by atoms with Crippen LogP contribution >= 0.6 is 11.3 Å². The highest BCUT2D eigenvalue weighted by molar-refractivity contribution is 7.19. The highest BCUT2D eigenvalue weighted by Crippen LogP contribution is 2.22. The Balaban J connectivity index is 1.50. The Morgan fingerprint density at radius 3 is 2.67 bits per heavy atom. The molecular formula is C18H20N2O3S. The van der Waals surface area contributed by atoms with E-state index in [0.717, 1.165) is 54.0 Å². The lowest BCUT2D eigenvalue weighted by Crippen LogP contribution is -2.35. The maximum absolute atomic E-state index is 12.1. The Bertz CT molecular complexity index is 713. The molecule has 1 aliphatic heterocycles. The molecule has 2 heterocycles. The van der Waals surface area contributed by atoms with Crippen molar-refractivity contribution in [3.8, 4) is 0 Å². The van der Waals surface area contributed by atoms with Crippen LogP contribution in [0.4, 0.5) is 0 Å². The van der Waals surface area contributed by atoms with Crippen molar-refractivity contribution in [3.05, 3.63) is 35.3 Å². The standard InChI is InChI=1S/C18H20N2O3S/c21-17(20-11-5-1-2-6-12-20)13-23-18(22)10-9-16-19-14-7-3-4-8-15(14)24-16/h3-4,7-10H,1-2,5-6,11-13H2/b10-9+. The topological polar surface area (TPSA) is 59.5 Å². The van der Waals surface area contributed by atoms with Crippen LogP contribution in [0.15, 0.2) is 30.3 Å². The summed E-state index contributed by atoms with van der Waals surface area (Å²) in [5.74, 6) is -0.629. The van der Waals surface area contributed by atoms with Gasteiger partial charge in [0.25, 0.3) is 5.91 Å². The first kappa shape index (κ1) is 16.6. The van der Waals surface area contributed by atoms with E-state index >= 15 is 0 Å². The number of aromatic nitrogens is 1. The Morgan fingerprint density at radius 1 is 1.17 bits per heavy atom. The summed E-state index contributed by atoms with van der Waals surface area (Å²) in [5.41, 5.74) is 0.909. The van der Waals surface area contributed by atoms with Gasteiger partial charge in [-0.3, -0.25) is 4.79 Å². The molecule has 0 unspecified atom stereocenters. The molecule has 2 aromatic rings. The third-order valence-corrected chi connectivity index (χ3v) is 4.97. The van der Waals surface area contributed by atoms with Gasteiger partial charge in [-0.05, 0) is 31.1 Å². The molecule has 1 saturated heterocycles. The summed E-state index contributed by atoms with van der Waals surface area (Å²) in [6.07, 6.45) is 7.33. The first-order chi connectivity index (χ1) is 11.7. The molecule has 0 aliphatic carbocycles. The number of benzene rings is 1. The van der Waals surface area contributed by atoms with Crippen molar-refractivity contribution in [1.82, 2.24) is 9.88 Å². The number of thiazole rings is 1. The molecule has 5 nitrogen and oxygen atoms in total. The normalized spacial score (nSPS) is 15.6. The zero-order chi connectivity index (χ0) is 16.8. The molecule has 1 aromatic carbocycles. The van der Waals surface area contributed by atoms with E-state index < -0.39 is 5.97 Å². The van der Waals surface area contributed by atoms with Gasteiger partial charge in [0.05, 0.1) is 10.2 Å². The second-order valence-corrected chi connectivity index (χ2v) is 6.82. The number of amides is 1. The number of carbonyl (C=O) groups is 2. The molecule has 1 amide bonds. The predicted molar refractivity (Wildman–Crippen MR) is 94.7 cm³/mol. The minimum Gasteiger partial charge on any atom is -0.452 e. The summed E-state index contributed by atoms with van der Waals surface area (Å²) < 4.78 is 6.12. The molecule has 1 aromatic heterocycles. The number of rotatable bonds is 4. The molecular weight excluding hydrogens is 324 g/mol. The highest BCUT2D eigenvalue weighted by Gasteiger charge is 2.16. The maximum atomic E-state index is 12.1. The zero-order valence-corrected chi connectivity index (χ0v) is 14.3. The largest absolute Gasteiger partial charge is 0.452 e. The summed E-state index contributed by atoms with van der Waals surface area (Å²) in [5, 5.41) is 0.743. The number of carbonyl (C=O) groups excluding carboxylic acids is 2. The monoisotopic (exact) mass is 344 g/mol. The summed E-state index contributed by atoms with van der Waals surface area (Å²) >= 11 is 1.51. The first-order valence-corrected chi connectivity index (χ1v) is 9.02. The van der Waals surface area contributed by atoms with Crippen molar-refractivity contribution < 1.29 is 14.3 Å². The number of esters is 1. The van der Waals surface area contributed by atoms with Gasteiger partial charge >= 0.3 is 5.97 Å². The van der Waals surface area contributed by atoms with Gasteiger partial charge in [0.15, 0.2) is 6.61 Å². The van der Waals surface area contributed by atoms with Crippen molar-refractivity contribution >= 4 is 39.5 Å². The Hall–Kier alpha value is -2.21. The Morgan fingerprint density at radius 2 is 1.92 bits per heavy atom. The van der Waals surface area contributed by atoms with Gasteiger partial charge in [0.1, 0.15) is 5.01 Å². The average molecular weight is 344 g/mol. The Kier molecular flexibility index (Phi) is 5.59. The third kappa shape index (κ3) is 4.41. The SMILES string of the molecule is O=C(/C=C/c1nc2ccccc2s1)OCC(=O)N1CCCCCC1. The number of hydrogen-bond acceptors (Lipinski definition) is 5. The molecule has 0 spiro atoms. The second-order valence-electron chi connectivity index (χ2n) is 5.76. The number of fused-ring (bicyclic) bond motifs is 1. The van der Waals surface area contributed by atoms with Crippen molar-refractivity contribution in [1.29, 1.82) is 0 Å². The summed E-state index contributed by atoms with van der Waals surface area (Å²) in [7, 11) is 0. The molecule has 0 atom stereocenters. The quantitative estimate of drug-likeness (QED) is 0.631. The minimum atomic E-state index is -0.516. The van der Waals surface area contributed by atoms with Crippen LogP contribution in [0.1, 0.15) is 30.7 Å². The van der Waals surface area contributed by atoms with E-state index in [-0.39, 0.29) is 12.5 Å². The van der Waals surface area contributed by atoms with E-state index in [0.29, 0.717) is 0 Å². The minimum absolute atomic E-state index is 0.112. The van der Waals surface area contributed by atoms with Gasteiger partial charge in [0, 0.05) is 19.2 Å². The third-order valence-electron chi connectivity index (χ3n) is 3.97. The van der Waals surface area contributed by atoms with Gasteiger partial charge < -0.3 is 9.64 Å². The molecule has 6 heteroatoms. The fraction of sp³-hybridized carbons (Fsp3) is 0.389. The van der Waals surface area contributed by atoms with Gasteiger partial charge in [-0.1, -0.05) is 25.0 Å². The first-order valence-electron chi connectivity index (χ1n) is 8.20. The maximum Gasteiger partial charge on any atom is 0.331 e. The fourth-order valence-corrected chi connectivity index (χ4v) is 3.56. The smallest absolute Gasteiger partial charge is 0.331 e. The lowest BCUT2D eigenvalue weighted by molar-refractivity contribution is -0.148.